The molecule has 1 aliphatic rings. The van der Waals surface area contributed by atoms with E-state index in [0.717, 1.165) is 6.33 Å². The minimum Gasteiger partial charge on any atom is -0.456 e. The Kier molecular flexibility index (Phi) is 8.87. The molecule has 218 valence electrons. The lowest BCUT2D eigenvalue weighted by Gasteiger charge is -2.22. The van der Waals surface area contributed by atoms with Gasteiger partial charge in [-0.25, -0.2) is 28.6 Å². The van der Waals surface area contributed by atoms with E-state index >= 15 is 0 Å². The van der Waals surface area contributed by atoms with Gasteiger partial charge in [0.1, 0.15) is 24.1 Å². The number of imidazole rings is 1. The van der Waals surface area contributed by atoms with E-state index in [1.54, 1.807) is 30.3 Å². The topological polar surface area (TPSA) is 285 Å². The Balaban J connectivity index is 1.55. The molecule has 19 nitrogen and oxygen atoms in total. The van der Waals surface area contributed by atoms with Crippen LogP contribution in [0.15, 0.2) is 43.0 Å². The summed E-state index contributed by atoms with van der Waals surface area (Å²) < 4.78 is 59.0. The molecule has 1 aliphatic heterocycles. The number of aliphatic hydroxyl groups excluding tert-OH is 1. The molecule has 0 spiro atoms. The molecular weight excluding hydrogens is 603 g/mol. The Morgan fingerprint density at radius 1 is 1.02 bits per heavy atom. The first-order valence-corrected chi connectivity index (χ1v) is 15.4. The number of fused-ring (bicyclic) bond motifs is 1. The highest BCUT2D eigenvalue weighted by Crippen LogP contribution is 2.66. The van der Waals surface area contributed by atoms with Crippen LogP contribution in [0, 0.1) is 0 Å². The third-order valence-electron chi connectivity index (χ3n) is 5.25. The molecule has 0 aliphatic carbocycles. The molecule has 7 N–H and O–H groups in total. The summed E-state index contributed by atoms with van der Waals surface area (Å²) in [5, 5.41) is 11.0. The molecule has 2 aromatic heterocycles. The Labute approximate surface area is 223 Å². The average Bonchev–Trinajstić information content (AvgIpc) is 3.38. The smallest absolute Gasteiger partial charge is 0.456 e. The Bertz CT molecular complexity index is 1520. The van der Waals surface area contributed by atoms with Crippen molar-refractivity contribution in [2.24, 2.45) is 0 Å². The molecule has 1 saturated heterocycles. The van der Waals surface area contributed by atoms with Crippen LogP contribution < -0.4 is 5.73 Å². The van der Waals surface area contributed by atoms with E-state index in [2.05, 4.69) is 28.1 Å². The molecule has 0 bridgehead atoms. The van der Waals surface area contributed by atoms with Crippen molar-refractivity contribution in [2.45, 2.75) is 31.0 Å². The second kappa shape index (κ2) is 11.7. The summed E-state index contributed by atoms with van der Waals surface area (Å²) in [6.07, 6.45) is -3.91. The molecule has 0 amide bonds. The van der Waals surface area contributed by atoms with E-state index in [-0.39, 0.29) is 23.4 Å². The number of nitrogens with zero attached hydrogens (tertiary/aromatic N) is 4. The third kappa shape index (κ3) is 7.55. The van der Waals surface area contributed by atoms with Crippen molar-refractivity contribution in [3.63, 3.8) is 0 Å². The van der Waals surface area contributed by atoms with E-state index in [0.29, 0.717) is 5.56 Å². The van der Waals surface area contributed by atoms with E-state index in [1.165, 1.54) is 10.9 Å². The van der Waals surface area contributed by atoms with Crippen molar-refractivity contribution >= 4 is 46.4 Å². The summed E-state index contributed by atoms with van der Waals surface area (Å²) in [4.78, 5) is 61.1. The number of benzene rings is 1. The molecule has 4 rings (SSSR count). The highest BCUT2D eigenvalue weighted by atomic mass is 31.3. The van der Waals surface area contributed by atoms with Gasteiger partial charge >= 0.3 is 29.4 Å². The SMILES string of the molecule is Nc1ncnc2c1ncn2[C@H]1O[C@H](COP(=O)(O)OP(=O)(O)OP(=O)(O)O)[C@@H](OC(=O)Cc2ccccc2)[C@H]1O. The highest BCUT2D eigenvalue weighted by Gasteiger charge is 2.49. The summed E-state index contributed by atoms with van der Waals surface area (Å²) in [5.41, 5.74) is 6.65. The van der Waals surface area contributed by atoms with Gasteiger partial charge < -0.3 is 39.9 Å². The lowest BCUT2D eigenvalue weighted by Crippen LogP contribution is -2.38. The van der Waals surface area contributed by atoms with Crippen molar-refractivity contribution < 1.29 is 65.8 Å². The van der Waals surface area contributed by atoms with Gasteiger partial charge in [-0.3, -0.25) is 13.9 Å². The van der Waals surface area contributed by atoms with Crippen molar-refractivity contribution in [3.05, 3.63) is 48.5 Å². The zero-order valence-electron chi connectivity index (χ0n) is 19.9. The number of carbonyl (C=O) groups is 1. The summed E-state index contributed by atoms with van der Waals surface area (Å²) in [6, 6.07) is 8.42. The van der Waals surface area contributed by atoms with Gasteiger partial charge in [0, 0.05) is 0 Å². The molecule has 6 atom stereocenters. The van der Waals surface area contributed by atoms with Crippen LogP contribution in [0.3, 0.4) is 0 Å². The number of carbonyl (C=O) groups excluding carboxylic acids is 1. The number of anilines is 1. The van der Waals surface area contributed by atoms with Crippen LogP contribution in [0.2, 0.25) is 0 Å². The van der Waals surface area contributed by atoms with Gasteiger partial charge in [0.25, 0.3) is 0 Å². The second-order valence-electron chi connectivity index (χ2n) is 8.14. The van der Waals surface area contributed by atoms with Gasteiger partial charge in [-0.15, -0.1) is 0 Å². The normalized spacial score (nSPS) is 24.4. The number of rotatable bonds is 11. The van der Waals surface area contributed by atoms with Gasteiger partial charge in [-0.2, -0.15) is 8.62 Å². The van der Waals surface area contributed by atoms with Crippen molar-refractivity contribution in [2.75, 3.05) is 12.3 Å². The first kappa shape index (κ1) is 30.3. The highest BCUT2D eigenvalue weighted by molar-refractivity contribution is 7.66. The molecule has 0 radical (unpaired) electrons. The summed E-state index contributed by atoms with van der Waals surface area (Å²) in [7, 11) is -16.9. The van der Waals surface area contributed by atoms with Crippen LogP contribution in [-0.4, -0.2) is 75.1 Å². The fourth-order valence-corrected chi connectivity index (χ4v) is 6.74. The number of phosphoric acid groups is 3. The number of hydrogen-bond acceptors (Lipinski definition) is 14. The maximum atomic E-state index is 12.7. The number of phosphoric ester groups is 1. The van der Waals surface area contributed by atoms with Gasteiger partial charge in [-0.05, 0) is 5.56 Å². The standard InChI is InChI=1S/C18H22N5O14P3/c19-16-13-17(21-8-20-16)23(9-22-13)18-14(25)15(35-12(24)6-10-4-2-1-3-5-10)11(34-18)7-33-39(29,30)37-40(31,32)36-38(26,27)28/h1-5,8-9,11,14-15,18,25H,6-7H2,(H,29,30)(H,31,32)(H2,19,20,21)(H2,26,27,28)/t11-,14-,15-,18+/m1/s1. The number of nitrogen functional groups attached to an aromatic ring is 1. The van der Waals surface area contributed by atoms with E-state index in [4.69, 9.17) is 25.0 Å². The molecule has 3 heterocycles. The van der Waals surface area contributed by atoms with Crippen LogP contribution in [-0.2, 0) is 47.5 Å². The summed E-state index contributed by atoms with van der Waals surface area (Å²) >= 11 is 0. The zero-order chi connectivity index (χ0) is 29.3. The second-order valence-corrected chi connectivity index (χ2v) is 12.6. The number of ether oxygens (including phenoxy) is 2. The predicted octanol–water partition coefficient (Wildman–Crippen LogP) is 0.165. The Hall–Kier alpha value is -2.63. The fraction of sp³-hybridized carbons (Fsp3) is 0.333. The van der Waals surface area contributed by atoms with Gasteiger partial charge in [-0.1, -0.05) is 30.3 Å². The summed E-state index contributed by atoms with van der Waals surface area (Å²) in [5.74, 6) is -0.795. The number of aliphatic hydroxyl groups is 1. The lowest BCUT2D eigenvalue weighted by molar-refractivity contribution is -0.155. The first-order valence-electron chi connectivity index (χ1n) is 10.9. The number of nitrogens with two attached hydrogens (primary N) is 1. The van der Waals surface area contributed by atoms with Crippen LogP contribution in [0.4, 0.5) is 5.82 Å². The van der Waals surface area contributed by atoms with E-state index in [1.807, 2.05) is 0 Å². The van der Waals surface area contributed by atoms with E-state index < -0.39 is 60.6 Å². The Morgan fingerprint density at radius 3 is 2.40 bits per heavy atom. The van der Waals surface area contributed by atoms with Crippen LogP contribution >= 0.6 is 23.5 Å². The molecule has 3 aromatic rings. The minimum atomic E-state index is -5.78. The van der Waals surface area contributed by atoms with Crippen molar-refractivity contribution in [1.29, 1.82) is 0 Å². The number of esters is 1. The van der Waals surface area contributed by atoms with Crippen LogP contribution in [0.1, 0.15) is 11.8 Å². The van der Waals surface area contributed by atoms with Gasteiger partial charge in [0.15, 0.2) is 23.8 Å². The third-order valence-corrected chi connectivity index (χ3v) is 9.05. The van der Waals surface area contributed by atoms with Crippen LogP contribution in [0.5, 0.6) is 0 Å². The Morgan fingerprint density at radius 2 is 1.73 bits per heavy atom. The van der Waals surface area contributed by atoms with E-state index in [9.17, 15) is 33.4 Å². The number of aromatic nitrogens is 4. The van der Waals surface area contributed by atoms with Crippen LogP contribution in [0.25, 0.3) is 11.2 Å². The maximum absolute atomic E-state index is 12.7. The summed E-state index contributed by atoms with van der Waals surface area (Å²) in [6.45, 7) is -0.996. The predicted molar refractivity (Wildman–Crippen MR) is 129 cm³/mol. The monoisotopic (exact) mass is 625 g/mol. The fourth-order valence-electron chi connectivity index (χ4n) is 3.71. The quantitative estimate of drug-likeness (QED) is 0.122. The maximum Gasteiger partial charge on any atom is 0.490 e. The average molecular weight is 625 g/mol. The molecule has 2 unspecified atom stereocenters. The first-order chi connectivity index (χ1) is 18.6. The van der Waals surface area contributed by atoms with Gasteiger partial charge in [0.05, 0.1) is 19.4 Å². The molecule has 22 heteroatoms. The van der Waals surface area contributed by atoms with Crippen molar-refractivity contribution in [3.8, 4) is 0 Å². The minimum absolute atomic E-state index is 0.0197. The number of hydrogen-bond donors (Lipinski definition) is 6. The lowest BCUT2D eigenvalue weighted by atomic mass is 10.1. The molecule has 1 fully saturated rings. The largest absolute Gasteiger partial charge is 0.490 e. The molecular formula is C18H22N5O14P3. The van der Waals surface area contributed by atoms with Gasteiger partial charge in [0.2, 0.25) is 0 Å². The molecule has 1 aromatic carbocycles. The zero-order valence-corrected chi connectivity index (χ0v) is 22.6. The molecule has 0 saturated carbocycles. The molecule has 40 heavy (non-hydrogen) atoms. The van der Waals surface area contributed by atoms with Crippen molar-refractivity contribution in [1.82, 2.24) is 19.5 Å².